The van der Waals surface area contributed by atoms with E-state index in [0.717, 1.165) is 38.2 Å². The van der Waals surface area contributed by atoms with Crippen LogP contribution in [0.3, 0.4) is 0 Å². The molecule has 4 nitrogen and oxygen atoms in total. The fourth-order valence-electron chi connectivity index (χ4n) is 2.81. The first kappa shape index (κ1) is 16.0. The Balaban J connectivity index is 1.86. The topological polar surface area (TPSA) is 44.4 Å². The van der Waals surface area contributed by atoms with Crippen molar-refractivity contribution in [2.45, 2.75) is 45.2 Å². The summed E-state index contributed by atoms with van der Waals surface area (Å²) >= 11 is 0. The maximum atomic E-state index is 12.4. The molecule has 0 aliphatic carbocycles. The third-order valence-corrected chi connectivity index (χ3v) is 4.10. The van der Waals surface area contributed by atoms with Crippen LogP contribution < -0.4 is 10.6 Å². The summed E-state index contributed by atoms with van der Waals surface area (Å²) in [6.45, 7) is 7.21. The molecule has 4 heteroatoms. The Morgan fingerprint density at radius 1 is 1.38 bits per heavy atom. The van der Waals surface area contributed by atoms with E-state index in [1.54, 1.807) is 0 Å². The van der Waals surface area contributed by atoms with Gasteiger partial charge in [0.05, 0.1) is 6.04 Å². The molecule has 1 aromatic carbocycles. The number of rotatable bonds is 6. The molecule has 0 radical (unpaired) electrons. The largest absolute Gasteiger partial charge is 0.325 e. The number of benzene rings is 1. The number of anilines is 1. The molecule has 0 bridgehead atoms. The van der Waals surface area contributed by atoms with Crippen molar-refractivity contribution >= 4 is 11.6 Å². The van der Waals surface area contributed by atoms with Gasteiger partial charge in [-0.25, -0.2) is 0 Å². The zero-order chi connectivity index (χ0) is 15.1. The van der Waals surface area contributed by atoms with Crippen molar-refractivity contribution in [3.63, 3.8) is 0 Å². The number of piperidine rings is 1. The number of para-hydroxylation sites is 1. The molecule has 1 heterocycles. The number of likely N-dealkylation sites (tertiary alicyclic amines) is 1. The fraction of sp³-hybridized carbons (Fsp3) is 0.588. The molecule has 2 unspecified atom stereocenters. The Morgan fingerprint density at radius 2 is 2.14 bits per heavy atom. The quantitative estimate of drug-likeness (QED) is 0.845. The van der Waals surface area contributed by atoms with E-state index >= 15 is 0 Å². The summed E-state index contributed by atoms with van der Waals surface area (Å²) in [6.07, 6.45) is 3.52. The van der Waals surface area contributed by atoms with Gasteiger partial charge in [-0.15, -0.1) is 0 Å². The summed E-state index contributed by atoms with van der Waals surface area (Å²) in [6, 6.07) is 10.1. The van der Waals surface area contributed by atoms with E-state index in [-0.39, 0.29) is 11.9 Å². The Hall–Kier alpha value is -1.39. The number of hydrogen-bond acceptors (Lipinski definition) is 3. The van der Waals surface area contributed by atoms with Gasteiger partial charge in [0.25, 0.3) is 0 Å². The number of carbonyl (C=O) groups excluding carboxylic acids is 1. The van der Waals surface area contributed by atoms with E-state index in [1.165, 1.54) is 6.42 Å². The summed E-state index contributed by atoms with van der Waals surface area (Å²) in [5.41, 5.74) is 0.868. The van der Waals surface area contributed by atoms with Crippen molar-refractivity contribution in [1.29, 1.82) is 0 Å². The molecule has 1 amide bonds. The van der Waals surface area contributed by atoms with Crippen LogP contribution in [0, 0.1) is 0 Å². The third kappa shape index (κ3) is 4.83. The maximum Gasteiger partial charge on any atom is 0.241 e. The molecular weight excluding hydrogens is 262 g/mol. The van der Waals surface area contributed by atoms with Crippen LogP contribution in [0.4, 0.5) is 5.69 Å². The summed E-state index contributed by atoms with van der Waals surface area (Å²) in [5.74, 6) is 0.0809. The lowest BCUT2D eigenvalue weighted by atomic mass is 10.0. The summed E-state index contributed by atoms with van der Waals surface area (Å²) in [4.78, 5) is 14.6. The van der Waals surface area contributed by atoms with Gasteiger partial charge in [0.2, 0.25) is 5.91 Å². The van der Waals surface area contributed by atoms with Gasteiger partial charge >= 0.3 is 0 Å². The summed E-state index contributed by atoms with van der Waals surface area (Å²) in [5, 5.41) is 6.57. The molecule has 0 aromatic heterocycles. The van der Waals surface area contributed by atoms with Gasteiger partial charge in [-0.3, -0.25) is 9.69 Å². The van der Waals surface area contributed by atoms with Crippen LogP contribution in [-0.2, 0) is 4.79 Å². The minimum atomic E-state index is -0.0866. The van der Waals surface area contributed by atoms with Crippen LogP contribution in [0.5, 0.6) is 0 Å². The molecule has 0 saturated carbocycles. The van der Waals surface area contributed by atoms with Crippen LogP contribution in [0.25, 0.3) is 0 Å². The number of nitrogens with zero attached hydrogens (tertiary/aromatic N) is 1. The van der Waals surface area contributed by atoms with Gasteiger partial charge in [0.1, 0.15) is 0 Å². The standard InChI is InChI=1S/C17H27N3O/c1-3-11-18-16-10-7-12-20(13-16)14(2)17(21)19-15-8-5-4-6-9-15/h4-6,8-9,14,16,18H,3,7,10-13H2,1-2H3,(H,19,21). The van der Waals surface area contributed by atoms with Crippen LogP contribution in [-0.4, -0.2) is 42.5 Å². The van der Waals surface area contributed by atoms with Gasteiger partial charge < -0.3 is 10.6 Å². The Bertz CT molecular complexity index is 435. The smallest absolute Gasteiger partial charge is 0.241 e. The first-order valence-electron chi connectivity index (χ1n) is 8.04. The molecule has 2 N–H and O–H groups in total. The lowest BCUT2D eigenvalue weighted by molar-refractivity contribution is -0.121. The Morgan fingerprint density at radius 3 is 2.86 bits per heavy atom. The fourth-order valence-corrected chi connectivity index (χ4v) is 2.81. The molecule has 1 aliphatic heterocycles. The first-order chi connectivity index (χ1) is 10.2. The highest BCUT2D eigenvalue weighted by molar-refractivity contribution is 5.94. The molecule has 1 aliphatic rings. The van der Waals surface area contributed by atoms with E-state index in [0.29, 0.717) is 6.04 Å². The highest BCUT2D eigenvalue weighted by atomic mass is 16.2. The van der Waals surface area contributed by atoms with Crippen LogP contribution in [0.1, 0.15) is 33.1 Å². The van der Waals surface area contributed by atoms with Crippen LogP contribution in [0.15, 0.2) is 30.3 Å². The van der Waals surface area contributed by atoms with E-state index in [4.69, 9.17) is 0 Å². The second-order valence-corrected chi connectivity index (χ2v) is 5.82. The lowest BCUT2D eigenvalue weighted by Gasteiger charge is -2.36. The Labute approximate surface area is 127 Å². The van der Waals surface area contributed by atoms with Gasteiger partial charge in [0, 0.05) is 18.3 Å². The van der Waals surface area contributed by atoms with Crippen LogP contribution in [0.2, 0.25) is 0 Å². The van der Waals surface area contributed by atoms with Gasteiger partial charge in [-0.05, 0) is 51.4 Å². The minimum Gasteiger partial charge on any atom is -0.325 e. The number of nitrogens with one attached hydrogen (secondary N) is 2. The third-order valence-electron chi connectivity index (χ3n) is 4.10. The summed E-state index contributed by atoms with van der Waals surface area (Å²) in [7, 11) is 0. The van der Waals surface area contributed by atoms with E-state index in [2.05, 4.69) is 22.5 Å². The van der Waals surface area contributed by atoms with Crippen molar-refractivity contribution in [3.05, 3.63) is 30.3 Å². The second kappa shape index (κ2) is 8.15. The lowest BCUT2D eigenvalue weighted by Crippen LogP contribution is -2.52. The zero-order valence-corrected chi connectivity index (χ0v) is 13.1. The zero-order valence-electron chi connectivity index (χ0n) is 13.1. The molecule has 1 fully saturated rings. The number of carbonyl (C=O) groups is 1. The maximum absolute atomic E-state index is 12.4. The molecular formula is C17H27N3O. The average Bonchev–Trinajstić information content (AvgIpc) is 2.53. The predicted octanol–water partition coefficient (Wildman–Crippen LogP) is 2.48. The van der Waals surface area contributed by atoms with Crippen molar-refractivity contribution in [2.24, 2.45) is 0 Å². The number of amides is 1. The van der Waals surface area contributed by atoms with E-state index in [1.807, 2.05) is 37.3 Å². The van der Waals surface area contributed by atoms with Gasteiger partial charge in [0.15, 0.2) is 0 Å². The SMILES string of the molecule is CCCNC1CCCN(C(C)C(=O)Nc2ccccc2)C1. The molecule has 1 aromatic rings. The van der Waals surface area contributed by atoms with Gasteiger partial charge in [-0.2, -0.15) is 0 Å². The normalized spacial score (nSPS) is 21.0. The van der Waals surface area contributed by atoms with Crippen molar-refractivity contribution in [2.75, 3.05) is 25.0 Å². The van der Waals surface area contributed by atoms with E-state index in [9.17, 15) is 4.79 Å². The van der Waals surface area contributed by atoms with Crippen LogP contribution >= 0.6 is 0 Å². The molecule has 21 heavy (non-hydrogen) atoms. The van der Waals surface area contributed by atoms with E-state index < -0.39 is 0 Å². The molecule has 1 saturated heterocycles. The number of hydrogen-bond donors (Lipinski definition) is 2. The van der Waals surface area contributed by atoms with Gasteiger partial charge in [-0.1, -0.05) is 25.1 Å². The summed E-state index contributed by atoms with van der Waals surface area (Å²) < 4.78 is 0. The van der Waals surface area contributed by atoms with Crippen molar-refractivity contribution in [3.8, 4) is 0 Å². The second-order valence-electron chi connectivity index (χ2n) is 5.82. The molecule has 2 atom stereocenters. The first-order valence-corrected chi connectivity index (χ1v) is 8.04. The molecule has 116 valence electrons. The molecule has 2 rings (SSSR count). The molecule has 0 spiro atoms. The predicted molar refractivity (Wildman–Crippen MR) is 87.4 cm³/mol. The average molecular weight is 289 g/mol. The monoisotopic (exact) mass is 289 g/mol. The Kier molecular flexibility index (Phi) is 6.21. The highest BCUT2D eigenvalue weighted by Crippen LogP contribution is 2.15. The van der Waals surface area contributed by atoms with Crippen molar-refractivity contribution < 1.29 is 4.79 Å². The highest BCUT2D eigenvalue weighted by Gasteiger charge is 2.27. The minimum absolute atomic E-state index is 0.0809. The van der Waals surface area contributed by atoms with Crippen molar-refractivity contribution in [1.82, 2.24) is 10.2 Å².